The summed E-state index contributed by atoms with van der Waals surface area (Å²) < 4.78 is 22.4. The molecular formula is C11H7FO4. The molecule has 0 aliphatic rings. The van der Waals surface area contributed by atoms with E-state index in [9.17, 15) is 14.0 Å². The van der Waals surface area contributed by atoms with Crippen molar-refractivity contribution in [3.63, 3.8) is 0 Å². The van der Waals surface area contributed by atoms with E-state index in [-0.39, 0.29) is 11.1 Å². The van der Waals surface area contributed by atoms with Gasteiger partial charge < -0.3 is 9.15 Å². The van der Waals surface area contributed by atoms with E-state index in [0.717, 1.165) is 7.11 Å². The van der Waals surface area contributed by atoms with Crippen LogP contribution >= 0.6 is 0 Å². The first kappa shape index (κ1) is 10.4. The Balaban J connectivity index is 2.78. The number of methoxy groups -OCH3 is 1. The molecule has 0 bridgehead atoms. The van der Waals surface area contributed by atoms with Gasteiger partial charge in [-0.1, -0.05) is 12.1 Å². The van der Waals surface area contributed by atoms with Gasteiger partial charge in [-0.2, -0.15) is 0 Å². The maximum atomic E-state index is 13.2. The van der Waals surface area contributed by atoms with E-state index < -0.39 is 17.4 Å². The van der Waals surface area contributed by atoms with Gasteiger partial charge in [-0.15, -0.1) is 0 Å². The number of benzene rings is 1. The summed E-state index contributed by atoms with van der Waals surface area (Å²) in [6.45, 7) is 0. The fraction of sp³-hybridized carbons (Fsp3) is 0.0909. The van der Waals surface area contributed by atoms with E-state index in [2.05, 4.69) is 4.74 Å². The molecule has 4 nitrogen and oxygen atoms in total. The van der Waals surface area contributed by atoms with Crippen LogP contribution in [0.15, 0.2) is 33.5 Å². The van der Waals surface area contributed by atoms with Crippen LogP contribution in [0, 0.1) is 5.82 Å². The lowest BCUT2D eigenvalue weighted by molar-refractivity contribution is 0.0596. The summed E-state index contributed by atoms with van der Waals surface area (Å²) in [6, 6.07) is 5.41. The second-order valence-electron chi connectivity index (χ2n) is 3.10. The van der Waals surface area contributed by atoms with Crippen molar-refractivity contribution in [2.75, 3.05) is 7.11 Å². The smallest absolute Gasteiger partial charge is 0.351 e. The maximum Gasteiger partial charge on any atom is 0.351 e. The third kappa shape index (κ3) is 1.56. The standard InChI is InChI=1S/C11H7FO4/c1-15-10(13)7-5-6-3-2-4-8(12)9(6)16-11(7)14/h2-5H,1H3. The van der Waals surface area contributed by atoms with Crippen molar-refractivity contribution in [3.8, 4) is 0 Å². The predicted octanol–water partition coefficient (Wildman–Crippen LogP) is 1.72. The average Bonchev–Trinajstić information content (AvgIpc) is 2.29. The first-order valence-electron chi connectivity index (χ1n) is 4.44. The Bertz CT molecular complexity index is 615. The van der Waals surface area contributed by atoms with E-state index in [1.165, 1.54) is 24.3 Å². The quantitative estimate of drug-likeness (QED) is 0.544. The summed E-state index contributed by atoms with van der Waals surface area (Å²) in [5, 5.41) is 0.333. The van der Waals surface area contributed by atoms with Crippen molar-refractivity contribution in [2.45, 2.75) is 0 Å². The van der Waals surface area contributed by atoms with Crippen LogP contribution in [0.5, 0.6) is 0 Å². The zero-order valence-electron chi connectivity index (χ0n) is 8.32. The molecule has 0 radical (unpaired) electrons. The fourth-order valence-electron chi connectivity index (χ4n) is 1.36. The molecule has 0 aliphatic carbocycles. The van der Waals surface area contributed by atoms with Crippen LogP contribution in [0.4, 0.5) is 4.39 Å². The van der Waals surface area contributed by atoms with E-state index in [1.54, 1.807) is 0 Å². The Kier molecular flexibility index (Phi) is 2.44. The molecule has 0 spiro atoms. The van der Waals surface area contributed by atoms with Gasteiger partial charge in [0.15, 0.2) is 11.4 Å². The second kappa shape index (κ2) is 3.77. The minimum absolute atomic E-state index is 0.167. The first-order valence-corrected chi connectivity index (χ1v) is 4.44. The number of carbonyl (C=O) groups excluding carboxylic acids is 1. The monoisotopic (exact) mass is 222 g/mol. The number of esters is 1. The molecule has 0 N–H and O–H groups in total. The van der Waals surface area contributed by atoms with Crippen molar-refractivity contribution in [2.24, 2.45) is 0 Å². The highest BCUT2D eigenvalue weighted by Crippen LogP contribution is 2.16. The van der Waals surface area contributed by atoms with Gasteiger partial charge in [0.05, 0.1) is 7.11 Å². The average molecular weight is 222 g/mol. The van der Waals surface area contributed by atoms with Crippen LogP contribution in [-0.2, 0) is 4.74 Å². The Morgan fingerprint density at radius 3 is 2.88 bits per heavy atom. The number of halogens is 1. The number of hydrogen-bond donors (Lipinski definition) is 0. The number of ether oxygens (including phenoxy) is 1. The molecule has 1 heterocycles. The number of carbonyl (C=O) groups is 1. The van der Waals surface area contributed by atoms with Gasteiger partial charge in [0.25, 0.3) is 0 Å². The molecule has 0 atom stereocenters. The third-order valence-corrected chi connectivity index (χ3v) is 2.12. The lowest BCUT2D eigenvalue weighted by Crippen LogP contribution is -2.15. The molecule has 0 unspecified atom stereocenters. The summed E-state index contributed by atoms with van der Waals surface area (Å²) in [5.74, 6) is -1.45. The van der Waals surface area contributed by atoms with Crippen molar-refractivity contribution in [1.82, 2.24) is 0 Å². The summed E-state index contributed by atoms with van der Waals surface area (Å²) in [7, 11) is 1.15. The van der Waals surface area contributed by atoms with Crippen LogP contribution < -0.4 is 5.63 Å². The zero-order valence-corrected chi connectivity index (χ0v) is 8.32. The minimum Gasteiger partial charge on any atom is -0.465 e. The second-order valence-corrected chi connectivity index (χ2v) is 3.10. The summed E-state index contributed by atoms with van der Waals surface area (Å²) in [6.07, 6.45) is 0. The van der Waals surface area contributed by atoms with Crippen LogP contribution in [0.2, 0.25) is 0 Å². The normalized spacial score (nSPS) is 10.4. The van der Waals surface area contributed by atoms with Crippen LogP contribution in [0.1, 0.15) is 10.4 Å². The lowest BCUT2D eigenvalue weighted by atomic mass is 10.2. The van der Waals surface area contributed by atoms with Crippen LogP contribution in [0.3, 0.4) is 0 Å². The van der Waals surface area contributed by atoms with Crippen molar-refractivity contribution in [1.29, 1.82) is 0 Å². The molecule has 0 saturated carbocycles. The molecular weight excluding hydrogens is 215 g/mol. The van der Waals surface area contributed by atoms with Gasteiger partial charge in [0, 0.05) is 5.39 Å². The Hall–Kier alpha value is -2.17. The summed E-state index contributed by atoms with van der Waals surface area (Å²) in [4.78, 5) is 22.5. The van der Waals surface area contributed by atoms with E-state index in [4.69, 9.17) is 4.42 Å². The zero-order chi connectivity index (χ0) is 11.7. The molecule has 0 fully saturated rings. The minimum atomic E-state index is -0.913. The van der Waals surface area contributed by atoms with Gasteiger partial charge in [-0.3, -0.25) is 0 Å². The number of para-hydroxylation sites is 1. The molecule has 5 heteroatoms. The molecule has 16 heavy (non-hydrogen) atoms. The van der Waals surface area contributed by atoms with E-state index in [1.807, 2.05) is 0 Å². The SMILES string of the molecule is COC(=O)c1cc2cccc(F)c2oc1=O. The molecule has 1 aromatic carbocycles. The predicted molar refractivity (Wildman–Crippen MR) is 53.8 cm³/mol. The molecule has 0 aliphatic heterocycles. The van der Waals surface area contributed by atoms with Gasteiger partial charge in [-0.05, 0) is 12.1 Å². The molecule has 1 aromatic heterocycles. The van der Waals surface area contributed by atoms with Crippen molar-refractivity contribution >= 4 is 16.9 Å². The maximum absolute atomic E-state index is 13.2. The number of hydrogen-bond acceptors (Lipinski definition) is 4. The highest BCUT2D eigenvalue weighted by Gasteiger charge is 2.15. The number of rotatable bonds is 1. The van der Waals surface area contributed by atoms with Crippen molar-refractivity contribution < 1.29 is 18.3 Å². The van der Waals surface area contributed by atoms with Gasteiger partial charge in [0.2, 0.25) is 0 Å². The molecule has 0 amide bonds. The summed E-state index contributed by atoms with van der Waals surface area (Å²) in [5.41, 5.74) is -1.33. The topological polar surface area (TPSA) is 56.5 Å². The Morgan fingerprint density at radius 2 is 2.19 bits per heavy atom. The van der Waals surface area contributed by atoms with E-state index >= 15 is 0 Å². The van der Waals surface area contributed by atoms with Crippen molar-refractivity contribution in [3.05, 3.63) is 46.1 Å². The first-order chi connectivity index (χ1) is 7.63. The lowest BCUT2D eigenvalue weighted by Gasteiger charge is -2.00. The van der Waals surface area contributed by atoms with Gasteiger partial charge in [0.1, 0.15) is 5.56 Å². The highest BCUT2D eigenvalue weighted by atomic mass is 19.1. The largest absolute Gasteiger partial charge is 0.465 e. The highest BCUT2D eigenvalue weighted by molar-refractivity contribution is 5.92. The van der Waals surface area contributed by atoms with Crippen LogP contribution in [-0.4, -0.2) is 13.1 Å². The molecule has 82 valence electrons. The van der Waals surface area contributed by atoms with Crippen LogP contribution in [0.25, 0.3) is 11.0 Å². The van der Waals surface area contributed by atoms with Gasteiger partial charge in [-0.25, -0.2) is 14.0 Å². The molecule has 2 aromatic rings. The fourth-order valence-corrected chi connectivity index (χ4v) is 1.36. The Morgan fingerprint density at radius 1 is 1.44 bits per heavy atom. The van der Waals surface area contributed by atoms with Gasteiger partial charge >= 0.3 is 11.6 Å². The molecule has 2 rings (SSSR count). The summed E-state index contributed by atoms with van der Waals surface area (Å²) >= 11 is 0. The molecule has 0 saturated heterocycles. The van der Waals surface area contributed by atoms with E-state index in [0.29, 0.717) is 5.39 Å². The number of fused-ring (bicyclic) bond motifs is 1. The Labute approximate surface area is 89.2 Å². The third-order valence-electron chi connectivity index (χ3n) is 2.12.